The summed E-state index contributed by atoms with van der Waals surface area (Å²) in [4.78, 5) is 25.0. The Labute approximate surface area is 120 Å². The highest BCUT2D eigenvalue weighted by molar-refractivity contribution is 5.75. The number of hydrogen-bond donors (Lipinski definition) is 2. The van der Waals surface area contributed by atoms with Crippen molar-refractivity contribution in [2.24, 2.45) is 11.8 Å². The summed E-state index contributed by atoms with van der Waals surface area (Å²) in [6, 6.07) is -0.0110. The van der Waals surface area contributed by atoms with Gasteiger partial charge in [-0.15, -0.1) is 0 Å². The van der Waals surface area contributed by atoms with Gasteiger partial charge in [-0.05, 0) is 38.5 Å². The molecule has 2 rings (SSSR count). The molecule has 1 saturated heterocycles. The number of aliphatic carboxylic acids is 1. The van der Waals surface area contributed by atoms with Crippen molar-refractivity contribution in [1.82, 2.24) is 10.2 Å². The zero-order valence-corrected chi connectivity index (χ0v) is 12.3. The van der Waals surface area contributed by atoms with E-state index in [0.717, 1.165) is 6.54 Å². The van der Waals surface area contributed by atoms with E-state index in [0.29, 0.717) is 25.3 Å². The number of hydrogen-bond acceptors (Lipinski definition) is 2. The number of carboxylic acid groups (broad SMARTS) is 1. The van der Waals surface area contributed by atoms with Gasteiger partial charge < -0.3 is 15.3 Å². The molecule has 1 saturated carbocycles. The predicted molar refractivity (Wildman–Crippen MR) is 76.5 cm³/mol. The van der Waals surface area contributed by atoms with Gasteiger partial charge in [-0.1, -0.05) is 19.3 Å². The van der Waals surface area contributed by atoms with Gasteiger partial charge in [-0.25, -0.2) is 4.79 Å². The van der Waals surface area contributed by atoms with Crippen molar-refractivity contribution in [2.45, 2.75) is 57.9 Å². The molecule has 2 unspecified atom stereocenters. The molecule has 5 heteroatoms. The van der Waals surface area contributed by atoms with E-state index < -0.39 is 5.97 Å². The number of likely N-dealkylation sites (tertiary alicyclic amines) is 1. The lowest BCUT2D eigenvalue weighted by Crippen LogP contribution is -2.50. The number of nitrogens with zero attached hydrogens (tertiary/aromatic N) is 1. The highest BCUT2D eigenvalue weighted by atomic mass is 16.4. The molecule has 2 N–H and O–H groups in total. The number of amides is 2. The van der Waals surface area contributed by atoms with E-state index >= 15 is 0 Å². The van der Waals surface area contributed by atoms with Crippen molar-refractivity contribution in [3.05, 3.63) is 0 Å². The molecule has 0 spiro atoms. The Kier molecular flexibility index (Phi) is 5.26. The van der Waals surface area contributed by atoms with Crippen LogP contribution in [0.25, 0.3) is 0 Å². The maximum Gasteiger partial charge on any atom is 0.317 e. The molecule has 1 heterocycles. The number of piperidine rings is 1. The van der Waals surface area contributed by atoms with E-state index in [-0.39, 0.29) is 18.0 Å². The summed E-state index contributed by atoms with van der Waals surface area (Å²) < 4.78 is 0. The van der Waals surface area contributed by atoms with Gasteiger partial charge in [-0.2, -0.15) is 0 Å². The van der Waals surface area contributed by atoms with Crippen LogP contribution >= 0.6 is 0 Å². The lowest BCUT2D eigenvalue weighted by molar-refractivity contribution is -0.143. The standard InChI is InChI=1S/C15H26N2O3/c1-11-9-13(14(18)19)7-8-17(11)15(20)16-10-12-5-3-2-4-6-12/h11-13H,2-10H2,1H3,(H,16,20)(H,18,19). The summed E-state index contributed by atoms with van der Waals surface area (Å²) >= 11 is 0. The number of nitrogens with one attached hydrogen (secondary N) is 1. The minimum Gasteiger partial charge on any atom is -0.481 e. The van der Waals surface area contributed by atoms with Gasteiger partial charge in [0.1, 0.15) is 0 Å². The average Bonchev–Trinajstić information content (AvgIpc) is 2.45. The van der Waals surface area contributed by atoms with Crippen LogP contribution in [0.5, 0.6) is 0 Å². The Morgan fingerprint density at radius 1 is 1.20 bits per heavy atom. The summed E-state index contributed by atoms with van der Waals surface area (Å²) in [5.41, 5.74) is 0. The SMILES string of the molecule is CC1CC(C(=O)O)CCN1C(=O)NCC1CCCCC1. The summed E-state index contributed by atoms with van der Waals surface area (Å²) in [7, 11) is 0. The van der Waals surface area contributed by atoms with E-state index in [1.54, 1.807) is 4.90 Å². The van der Waals surface area contributed by atoms with E-state index in [1.807, 2.05) is 6.92 Å². The molecule has 0 aromatic heterocycles. The third-order valence-electron chi connectivity index (χ3n) is 4.75. The fraction of sp³-hybridized carbons (Fsp3) is 0.867. The number of carbonyl (C=O) groups excluding carboxylic acids is 1. The van der Waals surface area contributed by atoms with E-state index in [9.17, 15) is 9.59 Å². The van der Waals surface area contributed by atoms with Crippen LogP contribution in [-0.4, -0.2) is 41.1 Å². The van der Waals surface area contributed by atoms with Crippen molar-refractivity contribution < 1.29 is 14.7 Å². The van der Waals surface area contributed by atoms with Crippen LogP contribution in [0, 0.1) is 11.8 Å². The average molecular weight is 282 g/mol. The second kappa shape index (κ2) is 6.95. The molecule has 2 fully saturated rings. The summed E-state index contributed by atoms with van der Waals surface area (Å²) in [5.74, 6) is -0.411. The van der Waals surface area contributed by atoms with E-state index in [2.05, 4.69) is 5.32 Å². The Hall–Kier alpha value is -1.26. The Morgan fingerprint density at radius 3 is 2.50 bits per heavy atom. The number of urea groups is 1. The molecule has 2 atom stereocenters. The van der Waals surface area contributed by atoms with Gasteiger partial charge in [-0.3, -0.25) is 4.79 Å². The van der Waals surface area contributed by atoms with Crippen molar-refractivity contribution in [2.75, 3.05) is 13.1 Å². The number of carbonyl (C=O) groups is 2. The molecular formula is C15H26N2O3. The Bertz CT molecular complexity index is 353. The third-order valence-corrected chi connectivity index (χ3v) is 4.75. The highest BCUT2D eigenvalue weighted by Gasteiger charge is 2.32. The van der Waals surface area contributed by atoms with Gasteiger partial charge in [0.15, 0.2) is 0 Å². The topological polar surface area (TPSA) is 69.6 Å². The maximum atomic E-state index is 12.2. The van der Waals surface area contributed by atoms with Crippen LogP contribution < -0.4 is 5.32 Å². The van der Waals surface area contributed by atoms with Crippen LogP contribution in [0.1, 0.15) is 51.9 Å². The molecule has 0 aromatic rings. The number of carboxylic acids is 1. The van der Waals surface area contributed by atoms with Crippen LogP contribution in [-0.2, 0) is 4.79 Å². The van der Waals surface area contributed by atoms with Crippen LogP contribution in [0.2, 0.25) is 0 Å². The molecule has 0 radical (unpaired) electrons. The fourth-order valence-corrected chi connectivity index (χ4v) is 3.42. The number of rotatable bonds is 3. The van der Waals surface area contributed by atoms with Crippen LogP contribution in [0.4, 0.5) is 4.79 Å². The molecule has 2 amide bonds. The lowest BCUT2D eigenvalue weighted by Gasteiger charge is -2.36. The smallest absolute Gasteiger partial charge is 0.317 e. The first-order chi connectivity index (χ1) is 9.58. The molecule has 1 aliphatic carbocycles. The van der Waals surface area contributed by atoms with Gasteiger partial charge in [0, 0.05) is 19.1 Å². The zero-order valence-electron chi connectivity index (χ0n) is 12.3. The Balaban J connectivity index is 1.76. The maximum absolute atomic E-state index is 12.2. The van der Waals surface area contributed by atoms with Crippen LogP contribution in [0.15, 0.2) is 0 Å². The minimum absolute atomic E-state index is 0.0104. The van der Waals surface area contributed by atoms with Crippen molar-refractivity contribution in [1.29, 1.82) is 0 Å². The highest BCUT2D eigenvalue weighted by Crippen LogP contribution is 2.24. The van der Waals surface area contributed by atoms with Crippen LogP contribution in [0.3, 0.4) is 0 Å². The van der Waals surface area contributed by atoms with Gasteiger partial charge >= 0.3 is 12.0 Å². The quantitative estimate of drug-likeness (QED) is 0.835. The largest absolute Gasteiger partial charge is 0.481 e. The van der Waals surface area contributed by atoms with Gasteiger partial charge in [0.2, 0.25) is 0 Å². The first-order valence-corrected chi connectivity index (χ1v) is 7.85. The predicted octanol–water partition coefficient (Wildman–Crippen LogP) is 2.46. The molecule has 2 aliphatic rings. The van der Waals surface area contributed by atoms with Gasteiger partial charge in [0.05, 0.1) is 5.92 Å². The molecule has 5 nitrogen and oxygen atoms in total. The second-order valence-electron chi connectivity index (χ2n) is 6.29. The van der Waals surface area contributed by atoms with Gasteiger partial charge in [0.25, 0.3) is 0 Å². The first kappa shape index (κ1) is 15.1. The third kappa shape index (κ3) is 3.87. The van der Waals surface area contributed by atoms with E-state index in [1.165, 1.54) is 32.1 Å². The second-order valence-corrected chi connectivity index (χ2v) is 6.29. The molecule has 114 valence electrons. The summed E-state index contributed by atoms with van der Waals surface area (Å²) in [5, 5.41) is 12.1. The summed E-state index contributed by atoms with van der Waals surface area (Å²) in [6.07, 6.45) is 7.45. The molecule has 0 bridgehead atoms. The first-order valence-electron chi connectivity index (χ1n) is 7.85. The molecular weight excluding hydrogens is 256 g/mol. The fourth-order valence-electron chi connectivity index (χ4n) is 3.42. The Morgan fingerprint density at radius 2 is 1.90 bits per heavy atom. The van der Waals surface area contributed by atoms with Crippen molar-refractivity contribution >= 4 is 12.0 Å². The van der Waals surface area contributed by atoms with Crippen molar-refractivity contribution in [3.8, 4) is 0 Å². The van der Waals surface area contributed by atoms with Crippen molar-refractivity contribution in [3.63, 3.8) is 0 Å². The molecule has 1 aliphatic heterocycles. The molecule has 20 heavy (non-hydrogen) atoms. The zero-order chi connectivity index (χ0) is 14.5. The lowest BCUT2D eigenvalue weighted by atomic mass is 9.89. The van der Waals surface area contributed by atoms with E-state index in [4.69, 9.17) is 5.11 Å². The summed E-state index contributed by atoms with van der Waals surface area (Å²) in [6.45, 7) is 3.26. The normalized spacial score (nSPS) is 28.1. The minimum atomic E-state index is -0.737. The monoisotopic (exact) mass is 282 g/mol. The molecule has 0 aromatic carbocycles.